The first-order valence-corrected chi connectivity index (χ1v) is 7.95. The number of ketones is 1. The van der Waals surface area contributed by atoms with Gasteiger partial charge in [-0.15, -0.1) is 0 Å². The van der Waals surface area contributed by atoms with Crippen LogP contribution in [-0.4, -0.2) is 61.7 Å². The largest absolute Gasteiger partial charge is 0.479 e. The number of carbonyl (C=O) groups excluding carboxylic acids is 1. The van der Waals surface area contributed by atoms with E-state index < -0.39 is 47.0 Å². The van der Waals surface area contributed by atoms with Gasteiger partial charge >= 0.3 is 5.97 Å². The molecule has 7 nitrogen and oxygen atoms in total. The van der Waals surface area contributed by atoms with Crippen LogP contribution in [0.5, 0.6) is 0 Å². The number of carboxylic acids is 1. The first-order valence-electron chi connectivity index (χ1n) is 7.95. The molecule has 3 fully saturated rings. The fourth-order valence-electron chi connectivity index (χ4n) is 4.82. The number of aliphatic hydroxyl groups is 4. The van der Waals surface area contributed by atoms with Crippen LogP contribution in [0, 0.1) is 22.7 Å². The molecule has 0 aliphatic heterocycles. The fraction of sp³-hybridized carbons (Fsp3) is 0.875. The maximum absolute atomic E-state index is 13.1. The maximum Gasteiger partial charge on any atom is 0.346 e. The molecule has 7 heteroatoms. The molecule has 3 saturated carbocycles. The average Bonchev–Trinajstić information content (AvgIpc) is 2.51. The van der Waals surface area contributed by atoms with Crippen molar-refractivity contribution in [3.8, 4) is 0 Å². The normalized spacial score (nSPS) is 37.2. The van der Waals surface area contributed by atoms with Gasteiger partial charge in [0.1, 0.15) is 12.2 Å². The summed E-state index contributed by atoms with van der Waals surface area (Å²) in [6.07, 6.45) is -2.06. The molecule has 0 amide bonds. The Bertz CT molecular complexity index is 517. The summed E-state index contributed by atoms with van der Waals surface area (Å²) in [5.74, 6) is -2.75. The highest BCUT2D eigenvalue weighted by Gasteiger charge is 2.73. The van der Waals surface area contributed by atoms with Gasteiger partial charge in [-0.1, -0.05) is 20.8 Å². The van der Waals surface area contributed by atoms with Crippen LogP contribution >= 0.6 is 0 Å². The van der Waals surface area contributed by atoms with Gasteiger partial charge in [0.25, 0.3) is 0 Å². The lowest BCUT2D eigenvalue weighted by Crippen LogP contribution is -2.73. The topological polar surface area (TPSA) is 135 Å². The Morgan fingerprint density at radius 2 is 1.83 bits per heavy atom. The second-order valence-corrected chi connectivity index (χ2v) is 7.67. The van der Waals surface area contributed by atoms with Crippen molar-refractivity contribution in [3.05, 3.63) is 0 Å². The number of Topliss-reactive ketones (excluding diaryl/α,β-unsaturated/α-hetero) is 1. The molecule has 0 spiro atoms. The van der Waals surface area contributed by atoms with E-state index in [-0.39, 0.29) is 11.8 Å². The van der Waals surface area contributed by atoms with E-state index in [2.05, 4.69) is 0 Å². The average molecular weight is 330 g/mol. The van der Waals surface area contributed by atoms with Crippen LogP contribution in [0.15, 0.2) is 0 Å². The minimum atomic E-state index is -3.14. The molecular weight excluding hydrogens is 304 g/mol. The van der Waals surface area contributed by atoms with Gasteiger partial charge < -0.3 is 25.5 Å². The van der Waals surface area contributed by atoms with E-state index in [9.17, 15) is 30.0 Å². The summed E-state index contributed by atoms with van der Waals surface area (Å²) in [6, 6.07) is 0. The van der Waals surface area contributed by atoms with Gasteiger partial charge in [-0.2, -0.15) is 0 Å². The van der Waals surface area contributed by atoms with Crippen LogP contribution in [0.1, 0.15) is 40.0 Å². The third kappa shape index (κ3) is 2.10. The van der Waals surface area contributed by atoms with Gasteiger partial charge in [0.15, 0.2) is 5.78 Å². The number of hydrogen-bond donors (Lipinski definition) is 5. The summed E-state index contributed by atoms with van der Waals surface area (Å²) in [7, 11) is 0. The predicted molar refractivity (Wildman–Crippen MR) is 79.4 cm³/mol. The Morgan fingerprint density at radius 3 is 2.22 bits per heavy atom. The molecular formula is C16H26O7. The van der Waals surface area contributed by atoms with Gasteiger partial charge in [0, 0.05) is 5.41 Å². The molecule has 0 radical (unpaired) electrons. The molecule has 0 heterocycles. The number of carboxylic acid groups (broad SMARTS) is 1. The van der Waals surface area contributed by atoms with Gasteiger partial charge in [0.2, 0.25) is 5.60 Å². The highest BCUT2D eigenvalue weighted by Crippen LogP contribution is 2.71. The van der Waals surface area contributed by atoms with E-state index in [0.717, 1.165) is 12.8 Å². The van der Waals surface area contributed by atoms with Crippen molar-refractivity contribution in [1.82, 2.24) is 0 Å². The number of aliphatic hydroxyl groups excluding tert-OH is 3. The number of carbonyl (C=O) groups is 2. The van der Waals surface area contributed by atoms with Crippen LogP contribution in [0.4, 0.5) is 0 Å². The van der Waals surface area contributed by atoms with Crippen molar-refractivity contribution < 1.29 is 35.1 Å². The Balaban J connectivity index is 2.48. The lowest BCUT2D eigenvalue weighted by molar-refractivity contribution is -0.229. The Kier molecular flexibility index (Phi) is 4.39. The van der Waals surface area contributed by atoms with E-state index in [0.29, 0.717) is 6.42 Å². The highest BCUT2D eigenvalue weighted by atomic mass is 16.4. The lowest BCUT2D eigenvalue weighted by atomic mass is 9.34. The highest BCUT2D eigenvalue weighted by molar-refractivity contribution is 6.10. The second-order valence-electron chi connectivity index (χ2n) is 7.67. The molecule has 3 aliphatic carbocycles. The maximum atomic E-state index is 13.1. The van der Waals surface area contributed by atoms with Crippen molar-refractivity contribution in [2.24, 2.45) is 22.7 Å². The van der Waals surface area contributed by atoms with Crippen molar-refractivity contribution in [2.75, 3.05) is 6.61 Å². The molecule has 5 N–H and O–H groups in total. The number of aliphatic carboxylic acids is 1. The molecule has 3 rings (SSSR count). The van der Waals surface area contributed by atoms with E-state index in [1.807, 2.05) is 20.8 Å². The van der Waals surface area contributed by atoms with Crippen LogP contribution < -0.4 is 0 Å². The molecule has 3 unspecified atom stereocenters. The van der Waals surface area contributed by atoms with Crippen molar-refractivity contribution in [3.63, 3.8) is 0 Å². The van der Waals surface area contributed by atoms with Crippen LogP contribution in [-0.2, 0) is 9.59 Å². The second kappa shape index (κ2) is 5.51. The summed E-state index contributed by atoms with van der Waals surface area (Å²) in [6.45, 7) is 4.66. The molecule has 0 aromatic rings. The molecule has 0 aromatic heterocycles. The quantitative estimate of drug-likeness (QED) is 0.416. The van der Waals surface area contributed by atoms with Crippen LogP contribution in [0.25, 0.3) is 0 Å². The zero-order chi connectivity index (χ0) is 17.8. The van der Waals surface area contributed by atoms with Gasteiger partial charge in [-0.05, 0) is 36.5 Å². The van der Waals surface area contributed by atoms with Gasteiger partial charge in [-0.25, -0.2) is 4.79 Å². The van der Waals surface area contributed by atoms with Crippen LogP contribution in [0.2, 0.25) is 0 Å². The minimum Gasteiger partial charge on any atom is -0.479 e. The lowest BCUT2D eigenvalue weighted by Gasteiger charge is -2.68. The van der Waals surface area contributed by atoms with E-state index in [4.69, 9.17) is 5.11 Å². The van der Waals surface area contributed by atoms with E-state index in [1.54, 1.807) is 0 Å². The molecule has 23 heavy (non-hydrogen) atoms. The smallest absolute Gasteiger partial charge is 0.346 e. The molecule has 132 valence electrons. The third-order valence-corrected chi connectivity index (χ3v) is 6.59. The number of hydrogen-bond acceptors (Lipinski definition) is 6. The SMILES string of the molecule is CC1CCC2CC1(C(=O)[C@](O)(C(=O)O)[C@@H](O)[C@H](O)CO)C2(C)C. The summed E-state index contributed by atoms with van der Waals surface area (Å²) >= 11 is 0. The van der Waals surface area contributed by atoms with Crippen molar-refractivity contribution in [1.29, 1.82) is 0 Å². The van der Waals surface area contributed by atoms with Crippen molar-refractivity contribution >= 4 is 11.8 Å². The Labute approximate surface area is 134 Å². The standard InChI is InChI=1S/C16H26O7/c1-8-4-5-9-6-15(8,14(9,2)3)12(20)16(23,13(21)22)11(19)10(18)7-17/h8-11,17-19,23H,4-7H2,1-3H3,(H,21,22)/t8?,9?,10-,11+,15?,16+/m1/s1. The number of rotatable bonds is 6. The summed E-state index contributed by atoms with van der Waals surface area (Å²) in [5, 5.41) is 48.5. The summed E-state index contributed by atoms with van der Waals surface area (Å²) in [5.41, 5.74) is -4.69. The fourth-order valence-corrected chi connectivity index (χ4v) is 4.82. The molecule has 2 bridgehead atoms. The third-order valence-electron chi connectivity index (χ3n) is 6.59. The molecule has 6 atom stereocenters. The van der Waals surface area contributed by atoms with Crippen LogP contribution in [0.3, 0.4) is 0 Å². The van der Waals surface area contributed by atoms with Gasteiger partial charge in [0.05, 0.1) is 6.61 Å². The van der Waals surface area contributed by atoms with E-state index >= 15 is 0 Å². The number of fused-ring (bicyclic) bond motifs is 2. The first kappa shape index (κ1) is 18.3. The zero-order valence-corrected chi connectivity index (χ0v) is 13.7. The molecule has 0 saturated heterocycles. The summed E-state index contributed by atoms with van der Waals surface area (Å²) < 4.78 is 0. The van der Waals surface area contributed by atoms with Gasteiger partial charge in [-0.3, -0.25) is 4.79 Å². The van der Waals surface area contributed by atoms with Crippen molar-refractivity contribution in [2.45, 2.75) is 57.8 Å². The van der Waals surface area contributed by atoms with E-state index in [1.165, 1.54) is 0 Å². The predicted octanol–water partition coefficient (Wildman–Crippen LogP) is -0.452. The Hall–Kier alpha value is -1.02. The molecule has 3 aliphatic rings. The monoisotopic (exact) mass is 330 g/mol. The summed E-state index contributed by atoms with van der Waals surface area (Å²) in [4.78, 5) is 24.7. The molecule has 0 aromatic carbocycles. The minimum absolute atomic E-state index is 0.139. The first-order chi connectivity index (χ1) is 10.5. The zero-order valence-electron chi connectivity index (χ0n) is 13.7. The Morgan fingerprint density at radius 1 is 1.26 bits per heavy atom.